The summed E-state index contributed by atoms with van der Waals surface area (Å²) in [5, 5.41) is 2.89. The number of hydrogen-bond acceptors (Lipinski definition) is 3. The van der Waals surface area contributed by atoms with E-state index < -0.39 is 0 Å². The molecule has 0 fully saturated rings. The molecule has 2 aromatic rings. The van der Waals surface area contributed by atoms with Crippen molar-refractivity contribution in [2.24, 2.45) is 0 Å². The fourth-order valence-electron chi connectivity index (χ4n) is 2.22. The Labute approximate surface area is 136 Å². The van der Waals surface area contributed by atoms with Gasteiger partial charge in [0.05, 0.1) is 0 Å². The maximum atomic E-state index is 12.1. The number of amides is 1. The minimum Gasteiger partial charge on any atom is -0.484 e. The van der Waals surface area contributed by atoms with Crippen molar-refractivity contribution in [2.45, 2.75) is 26.2 Å². The van der Waals surface area contributed by atoms with Gasteiger partial charge in [0.25, 0.3) is 5.91 Å². The van der Waals surface area contributed by atoms with E-state index in [2.05, 4.69) is 26.1 Å². The van der Waals surface area contributed by atoms with Gasteiger partial charge >= 0.3 is 0 Å². The monoisotopic (exact) mass is 311 g/mol. The molecule has 0 aliphatic heterocycles. The van der Waals surface area contributed by atoms with Crippen LogP contribution in [0.2, 0.25) is 0 Å². The van der Waals surface area contributed by atoms with Crippen molar-refractivity contribution in [1.82, 2.24) is 0 Å². The predicted octanol–water partition coefficient (Wildman–Crippen LogP) is 3.81. The molecule has 0 aromatic heterocycles. The van der Waals surface area contributed by atoms with Crippen LogP contribution >= 0.6 is 0 Å². The zero-order valence-electron chi connectivity index (χ0n) is 13.6. The summed E-state index contributed by atoms with van der Waals surface area (Å²) in [7, 11) is 0. The first kappa shape index (κ1) is 16.7. The molecule has 23 heavy (non-hydrogen) atoms. The lowest BCUT2D eigenvalue weighted by Crippen LogP contribution is -2.23. The van der Waals surface area contributed by atoms with Crippen LogP contribution in [0.4, 0.5) is 5.69 Å². The van der Waals surface area contributed by atoms with Crippen molar-refractivity contribution >= 4 is 17.9 Å². The van der Waals surface area contributed by atoms with Crippen LogP contribution in [-0.4, -0.2) is 18.8 Å². The molecule has 1 N–H and O–H groups in total. The van der Waals surface area contributed by atoms with Crippen molar-refractivity contribution < 1.29 is 14.3 Å². The summed E-state index contributed by atoms with van der Waals surface area (Å²) < 4.78 is 5.44. The summed E-state index contributed by atoms with van der Waals surface area (Å²) in [4.78, 5) is 22.7. The maximum absolute atomic E-state index is 12.1. The number of carbonyl (C=O) groups is 2. The van der Waals surface area contributed by atoms with Crippen LogP contribution in [-0.2, 0) is 10.2 Å². The summed E-state index contributed by atoms with van der Waals surface area (Å²) >= 11 is 0. The van der Waals surface area contributed by atoms with Gasteiger partial charge < -0.3 is 10.1 Å². The Hall–Kier alpha value is -2.62. The summed E-state index contributed by atoms with van der Waals surface area (Å²) in [6.07, 6.45) is 0.764. The highest BCUT2D eigenvalue weighted by Crippen LogP contribution is 2.29. The highest BCUT2D eigenvalue weighted by molar-refractivity contribution is 5.92. The summed E-state index contributed by atoms with van der Waals surface area (Å²) in [5.41, 5.74) is 2.38. The topological polar surface area (TPSA) is 55.4 Å². The van der Waals surface area contributed by atoms with Gasteiger partial charge in [-0.1, -0.05) is 39.0 Å². The molecule has 2 rings (SSSR count). The van der Waals surface area contributed by atoms with Crippen LogP contribution in [0.25, 0.3) is 0 Å². The Balaban J connectivity index is 1.98. The van der Waals surface area contributed by atoms with Crippen molar-refractivity contribution in [1.29, 1.82) is 0 Å². The molecule has 0 aliphatic carbocycles. The molecule has 2 aromatic carbocycles. The van der Waals surface area contributed by atoms with Gasteiger partial charge in [-0.15, -0.1) is 0 Å². The summed E-state index contributed by atoms with van der Waals surface area (Å²) in [5.74, 6) is 0.330. The second-order valence-corrected chi connectivity index (χ2v) is 6.32. The highest BCUT2D eigenvalue weighted by atomic mass is 16.5. The van der Waals surface area contributed by atoms with E-state index in [1.807, 2.05) is 24.3 Å². The Morgan fingerprint density at radius 3 is 2.35 bits per heavy atom. The molecule has 0 aliphatic rings. The molecular formula is C19H21NO3. The number of rotatable bonds is 5. The van der Waals surface area contributed by atoms with Gasteiger partial charge in [0.2, 0.25) is 0 Å². The van der Waals surface area contributed by atoms with E-state index in [4.69, 9.17) is 4.74 Å². The SMILES string of the molecule is CC(C)(C)c1ccccc1NC(=O)COc1ccc(C=O)cc1. The lowest BCUT2D eigenvalue weighted by atomic mass is 9.86. The Bertz CT molecular complexity index is 685. The molecule has 120 valence electrons. The van der Waals surface area contributed by atoms with E-state index in [0.717, 1.165) is 17.5 Å². The highest BCUT2D eigenvalue weighted by Gasteiger charge is 2.18. The van der Waals surface area contributed by atoms with Crippen LogP contribution in [0, 0.1) is 0 Å². The lowest BCUT2D eigenvalue weighted by molar-refractivity contribution is -0.118. The lowest BCUT2D eigenvalue weighted by Gasteiger charge is -2.23. The van der Waals surface area contributed by atoms with Gasteiger partial charge in [-0.2, -0.15) is 0 Å². The third-order valence-corrected chi connectivity index (χ3v) is 3.40. The zero-order valence-corrected chi connectivity index (χ0v) is 13.6. The minimum absolute atomic E-state index is 0.0601. The first-order chi connectivity index (χ1) is 10.9. The molecule has 0 radical (unpaired) electrons. The van der Waals surface area contributed by atoms with Crippen molar-refractivity contribution in [2.75, 3.05) is 11.9 Å². The smallest absolute Gasteiger partial charge is 0.262 e. The minimum atomic E-state index is -0.221. The molecule has 0 heterocycles. The molecule has 0 spiro atoms. The number of para-hydroxylation sites is 1. The van der Waals surface area contributed by atoms with Gasteiger partial charge in [0, 0.05) is 11.3 Å². The quantitative estimate of drug-likeness (QED) is 0.854. The second kappa shape index (κ2) is 7.09. The van der Waals surface area contributed by atoms with Crippen LogP contribution < -0.4 is 10.1 Å². The molecular weight excluding hydrogens is 290 g/mol. The first-order valence-electron chi connectivity index (χ1n) is 7.47. The average molecular weight is 311 g/mol. The third-order valence-electron chi connectivity index (χ3n) is 3.40. The number of anilines is 1. The average Bonchev–Trinajstić information content (AvgIpc) is 2.53. The molecule has 0 atom stereocenters. The van der Waals surface area contributed by atoms with Crippen LogP contribution in [0.3, 0.4) is 0 Å². The number of nitrogens with one attached hydrogen (secondary N) is 1. The molecule has 1 amide bonds. The van der Waals surface area contributed by atoms with Crippen LogP contribution in [0.1, 0.15) is 36.7 Å². The normalized spacial score (nSPS) is 10.9. The molecule has 0 unspecified atom stereocenters. The van der Waals surface area contributed by atoms with Gasteiger partial charge in [0.1, 0.15) is 12.0 Å². The van der Waals surface area contributed by atoms with Crippen LogP contribution in [0.15, 0.2) is 48.5 Å². The first-order valence-corrected chi connectivity index (χ1v) is 7.47. The zero-order chi connectivity index (χ0) is 16.9. The molecule has 4 nitrogen and oxygen atoms in total. The number of carbonyl (C=O) groups excluding carboxylic acids is 2. The van der Waals surface area contributed by atoms with Crippen LogP contribution in [0.5, 0.6) is 5.75 Å². The van der Waals surface area contributed by atoms with Crippen molar-refractivity contribution in [3.05, 3.63) is 59.7 Å². The van der Waals surface area contributed by atoms with Gasteiger partial charge in [-0.05, 0) is 41.3 Å². The standard InChI is InChI=1S/C19H21NO3/c1-19(2,3)16-6-4-5-7-17(16)20-18(22)13-23-15-10-8-14(12-21)9-11-15/h4-12H,13H2,1-3H3,(H,20,22). The Morgan fingerprint density at radius 2 is 1.74 bits per heavy atom. The van der Waals surface area contributed by atoms with E-state index >= 15 is 0 Å². The fraction of sp³-hybridized carbons (Fsp3) is 0.263. The van der Waals surface area contributed by atoms with Gasteiger partial charge in [-0.25, -0.2) is 0 Å². The van der Waals surface area contributed by atoms with E-state index in [0.29, 0.717) is 11.3 Å². The molecule has 0 saturated carbocycles. The van der Waals surface area contributed by atoms with E-state index in [1.54, 1.807) is 24.3 Å². The Morgan fingerprint density at radius 1 is 1.09 bits per heavy atom. The van der Waals surface area contributed by atoms with E-state index in [9.17, 15) is 9.59 Å². The molecule has 4 heteroatoms. The maximum Gasteiger partial charge on any atom is 0.262 e. The number of benzene rings is 2. The summed E-state index contributed by atoms with van der Waals surface area (Å²) in [6.45, 7) is 6.22. The number of ether oxygens (including phenoxy) is 1. The van der Waals surface area contributed by atoms with Crippen molar-refractivity contribution in [3.8, 4) is 5.75 Å². The molecule has 0 saturated heterocycles. The summed E-state index contributed by atoms with van der Waals surface area (Å²) in [6, 6.07) is 14.4. The number of hydrogen-bond donors (Lipinski definition) is 1. The fourth-order valence-corrected chi connectivity index (χ4v) is 2.22. The van der Waals surface area contributed by atoms with Gasteiger partial charge in [0.15, 0.2) is 6.61 Å². The van der Waals surface area contributed by atoms with E-state index in [-0.39, 0.29) is 17.9 Å². The number of aldehydes is 1. The molecule has 0 bridgehead atoms. The predicted molar refractivity (Wildman–Crippen MR) is 91.1 cm³/mol. The largest absolute Gasteiger partial charge is 0.484 e. The third kappa shape index (κ3) is 4.68. The van der Waals surface area contributed by atoms with E-state index in [1.165, 1.54) is 0 Å². The second-order valence-electron chi connectivity index (χ2n) is 6.32. The van der Waals surface area contributed by atoms with Crippen molar-refractivity contribution in [3.63, 3.8) is 0 Å². The van der Waals surface area contributed by atoms with Gasteiger partial charge in [-0.3, -0.25) is 9.59 Å². The Kier molecular flexibility index (Phi) is 5.16.